The Bertz CT molecular complexity index is 184. The minimum Gasteiger partial charge on any atom is -0.383 e. The van der Waals surface area contributed by atoms with Crippen molar-refractivity contribution in [3.63, 3.8) is 0 Å². The summed E-state index contributed by atoms with van der Waals surface area (Å²) >= 11 is 0. The molecule has 4 heteroatoms. The summed E-state index contributed by atoms with van der Waals surface area (Å²) in [6, 6.07) is 0. The Morgan fingerprint density at radius 2 is 1.62 bits per heavy atom. The molecule has 0 amide bonds. The molecule has 0 aromatic carbocycles. The molecule has 1 aliphatic carbocycles. The van der Waals surface area contributed by atoms with Crippen LogP contribution in [-0.2, 0) is 0 Å². The average molecular weight is 190 g/mol. The van der Waals surface area contributed by atoms with Gasteiger partial charge < -0.3 is 5.73 Å². The fourth-order valence-electron chi connectivity index (χ4n) is 1.86. The smallest absolute Gasteiger partial charge is 0.306 e. The highest BCUT2D eigenvalue weighted by Gasteiger charge is 2.42. The second-order valence-corrected chi connectivity index (χ2v) is 3.73. The van der Waals surface area contributed by atoms with Crippen LogP contribution < -0.4 is 5.73 Å². The Morgan fingerprint density at radius 1 is 1.15 bits per heavy atom. The first-order valence-corrected chi connectivity index (χ1v) is 4.77. The van der Waals surface area contributed by atoms with Gasteiger partial charge in [0.25, 0.3) is 0 Å². The van der Waals surface area contributed by atoms with Crippen LogP contribution in [0.5, 0.6) is 0 Å². The lowest BCUT2D eigenvalue weighted by Crippen LogP contribution is -2.41. The maximum Gasteiger partial charge on any atom is 0.306 e. The number of hydrogen-bond donors (Lipinski definition) is 2. The van der Waals surface area contributed by atoms with E-state index in [1.807, 2.05) is 0 Å². The summed E-state index contributed by atoms with van der Waals surface area (Å²) in [5.74, 6) is -4.75. The van der Waals surface area contributed by atoms with Crippen LogP contribution in [0.25, 0.3) is 0 Å². The van der Waals surface area contributed by atoms with Crippen LogP contribution in [0.3, 0.4) is 0 Å². The summed E-state index contributed by atoms with van der Waals surface area (Å²) in [5, 5.41) is 6.83. The Balaban J connectivity index is 2.62. The fourth-order valence-corrected chi connectivity index (χ4v) is 1.86. The van der Waals surface area contributed by atoms with E-state index in [1.54, 1.807) is 0 Å². The van der Waals surface area contributed by atoms with E-state index in [2.05, 4.69) is 0 Å². The normalized spacial score (nSPS) is 21.1. The minimum atomic E-state index is -3.08. The van der Waals surface area contributed by atoms with E-state index in [9.17, 15) is 8.78 Å². The third kappa shape index (κ3) is 2.39. The number of halogens is 2. The molecule has 1 aliphatic rings. The molecule has 0 atom stereocenters. The zero-order valence-electron chi connectivity index (χ0n) is 7.65. The minimum absolute atomic E-state index is 0.507. The summed E-state index contributed by atoms with van der Waals surface area (Å²) in [6.07, 6.45) is 4.76. The van der Waals surface area contributed by atoms with Crippen LogP contribution in [0.15, 0.2) is 0 Å². The van der Waals surface area contributed by atoms with Crippen molar-refractivity contribution in [3.05, 3.63) is 0 Å². The summed E-state index contributed by atoms with van der Waals surface area (Å²) < 4.78 is 26.5. The molecule has 2 nitrogen and oxygen atoms in total. The van der Waals surface area contributed by atoms with Crippen LogP contribution >= 0.6 is 0 Å². The van der Waals surface area contributed by atoms with Gasteiger partial charge in [-0.25, -0.2) is 0 Å². The maximum absolute atomic E-state index is 13.3. The lowest BCUT2D eigenvalue weighted by molar-refractivity contribution is 0.00319. The summed E-state index contributed by atoms with van der Waals surface area (Å²) in [6.45, 7) is 0. The van der Waals surface area contributed by atoms with Crippen molar-refractivity contribution in [2.24, 2.45) is 11.7 Å². The van der Waals surface area contributed by atoms with E-state index in [0.29, 0.717) is 12.8 Å². The van der Waals surface area contributed by atoms with Crippen molar-refractivity contribution in [2.75, 3.05) is 0 Å². The molecule has 1 fully saturated rings. The van der Waals surface area contributed by atoms with Crippen molar-refractivity contribution in [2.45, 2.75) is 44.4 Å². The Labute approximate surface area is 77.0 Å². The summed E-state index contributed by atoms with van der Waals surface area (Å²) in [4.78, 5) is 0. The Hall–Kier alpha value is -0.670. The monoisotopic (exact) mass is 190 g/mol. The van der Waals surface area contributed by atoms with E-state index in [4.69, 9.17) is 11.1 Å². The van der Waals surface area contributed by atoms with Crippen molar-refractivity contribution < 1.29 is 8.78 Å². The average Bonchev–Trinajstić information content (AvgIpc) is 2.31. The lowest BCUT2D eigenvalue weighted by atomic mass is 9.92. The van der Waals surface area contributed by atoms with Crippen LogP contribution in [0.2, 0.25) is 0 Å². The molecule has 0 radical (unpaired) electrons. The standard InChI is InChI=1S/C9H16F2N2/c10-9(11,8(12)13)7-5-3-1-2-4-6-7/h7H,1-6H2,(H3,12,13). The van der Waals surface area contributed by atoms with E-state index in [1.165, 1.54) is 0 Å². The number of alkyl halides is 2. The van der Waals surface area contributed by atoms with E-state index < -0.39 is 17.7 Å². The lowest BCUT2D eigenvalue weighted by Gasteiger charge is -2.24. The quantitative estimate of drug-likeness (QED) is 0.392. The predicted octanol–water partition coefficient (Wildman–Crippen LogP) is 2.53. The molecule has 0 heterocycles. The highest BCUT2D eigenvalue weighted by atomic mass is 19.3. The maximum atomic E-state index is 13.3. The first-order valence-electron chi connectivity index (χ1n) is 4.77. The van der Waals surface area contributed by atoms with Crippen LogP contribution in [0, 0.1) is 11.3 Å². The van der Waals surface area contributed by atoms with Gasteiger partial charge in [-0.2, -0.15) is 8.78 Å². The molecular weight excluding hydrogens is 174 g/mol. The molecule has 0 aromatic heterocycles. The van der Waals surface area contributed by atoms with Gasteiger partial charge in [0.1, 0.15) is 0 Å². The third-order valence-corrected chi connectivity index (χ3v) is 2.73. The van der Waals surface area contributed by atoms with Gasteiger partial charge in [0, 0.05) is 5.92 Å². The van der Waals surface area contributed by atoms with Gasteiger partial charge >= 0.3 is 5.92 Å². The zero-order valence-corrected chi connectivity index (χ0v) is 7.65. The second kappa shape index (κ2) is 4.03. The van der Waals surface area contributed by atoms with Crippen molar-refractivity contribution >= 4 is 5.84 Å². The summed E-state index contributed by atoms with van der Waals surface area (Å²) in [7, 11) is 0. The van der Waals surface area contributed by atoms with Gasteiger partial charge in [0.05, 0.1) is 0 Å². The number of hydrogen-bond acceptors (Lipinski definition) is 1. The SMILES string of the molecule is N=C(N)C(F)(F)C1CCCCCC1. The van der Waals surface area contributed by atoms with Crippen LogP contribution in [0.4, 0.5) is 8.78 Å². The summed E-state index contributed by atoms with van der Waals surface area (Å²) in [5.41, 5.74) is 4.89. The van der Waals surface area contributed by atoms with Gasteiger partial charge in [0.2, 0.25) is 0 Å². The highest BCUT2D eigenvalue weighted by molar-refractivity contribution is 5.84. The first kappa shape index (κ1) is 10.4. The fraction of sp³-hybridized carbons (Fsp3) is 0.889. The predicted molar refractivity (Wildman–Crippen MR) is 48.1 cm³/mol. The number of nitrogens with one attached hydrogen (secondary N) is 1. The van der Waals surface area contributed by atoms with Crippen molar-refractivity contribution in [3.8, 4) is 0 Å². The highest BCUT2D eigenvalue weighted by Crippen LogP contribution is 2.35. The molecule has 0 spiro atoms. The molecule has 1 rings (SSSR count). The van der Waals surface area contributed by atoms with E-state index >= 15 is 0 Å². The van der Waals surface area contributed by atoms with E-state index in [-0.39, 0.29) is 0 Å². The van der Waals surface area contributed by atoms with Gasteiger partial charge in [-0.05, 0) is 12.8 Å². The van der Waals surface area contributed by atoms with Crippen molar-refractivity contribution in [1.82, 2.24) is 0 Å². The van der Waals surface area contributed by atoms with E-state index in [0.717, 1.165) is 25.7 Å². The number of rotatable bonds is 2. The molecular formula is C9H16F2N2. The molecule has 0 aromatic rings. The Kier molecular flexibility index (Phi) is 3.22. The molecule has 3 N–H and O–H groups in total. The molecule has 1 saturated carbocycles. The van der Waals surface area contributed by atoms with Gasteiger partial charge in [0.15, 0.2) is 5.84 Å². The van der Waals surface area contributed by atoms with Gasteiger partial charge in [-0.3, -0.25) is 5.41 Å². The number of nitrogens with two attached hydrogens (primary N) is 1. The topological polar surface area (TPSA) is 49.9 Å². The largest absolute Gasteiger partial charge is 0.383 e. The molecule has 0 bridgehead atoms. The zero-order chi connectivity index (χ0) is 9.90. The first-order chi connectivity index (χ1) is 6.05. The molecule has 0 unspecified atom stereocenters. The van der Waals surface area contributed by atoms with Crippen LogP contribution in [-0.4, -0.2) is 11.8 Å². The molecule has 0 aliphatic heterocycles. The molecule has 0 saturated heterocycles. The second-order valence-electron chi connectivity index (χ2n) is 3.73. The van der Waals surface area contributed by atoms with Gasteiger partial charge in [-0.1, -0.05) is 25.7 Å². The van der Waals surface area contributed by atoms with Crippen molar-refractivity contribution in [1.29, 1.82) is 5.41 Å². The Morgan fingerprint density at radius 3 is 2.00 bits per heavy atom. The molecule has 13 heavy (non-hydrogen) atoms. The van der Waals surface area contributed by atoms with Crippen LogP contribution in [0.1, 0.15) is 38.5 Å². The van der Waals surface area contributed by atoms with Gasteiger partial charge in [-0.15, -0.1) is 0 Å². The number of amidine groups is 1. The molecule has 76 valence electrons. The third-order valence-electron chi connectivity index (χ3n) is 2.73.